The van der Waals surface area contributed by atoms with Gasteiger partial charge in [-0.1, -0.05) is 0 Å². The first-order chi connectivity index (χ1) is 13.7. The van der Waals surface area contributed by atoms with Crippen LogP contribution in [-0.2, 0) is 14.3 Å². The van der Waals surface area contributed by atoms with Crippen molar-refractivity contribution in [1.82, 2.24) is 15.0 Å². The molecule has 2 aromatic rings. The fourth-order valence-electron chi connectivity index (χ4n) is 3.29. The van der Waals surface area contributed by atoms with Crippen LogP contribution in [-0.4, -0.2) is 73.5 Å². The lowest BCUT2D eigenvalue weighted by molar-refractivity contribution is -0.114. The summed E-state index contributed by atoms with van der Waals surface area (Å²) in [4.78, 5) is 29.0. The van der Waals surface area contributed by atoms with Gasteiger partial charge in [0.15, 0.2) is 0 Å². The number of morpholine rings is 2. The van der Waals surface area contributed by atoms with Crippen molar-refractivity contribution in [3.8, 4) is 11.3 Å². The summed E-state index contributed by atoms with van der Waals surface area (Å²) in [5, 5.41) is 2.58. The number of carbonyl (C=O) groups is 1. The minimum absolute atomic E-state index is 0.199. The van der Waals surface area contributed by atoms with Gasteiger partial charge in [-0.05, 0) is 6.07 Å². The maximum Gasteiger partial charge on any atom is 0.229 e. The number of anilines is 3. The van der Waals surface area contributed by atoms with Crippen LogP contribution >= 0.6 is 0 Å². The minimum Gasteiger partial charge on any atom is -0.378 e. The summed E-state index contributed by atoms with van der Waals surface area (Å²) in [6.45, 7) is 7.61. The van der Waals surface area contributed by atoms with Crippen LogP contribution in [0.15, 0.2) is 24.5 Å². The number of carbonyl (C=O) groups excluding carboxylic acids is 1. The van der Waals surface area contributed by atoms with Crippen LogP contribution in [0, 0.1) is 0 Å². The second-order valence-electron chi connectivity index (χ2n) is 6.74. The van der Waals surface area contributed by atoms with Crippen molar-refractivity contribution in [3.05, 3.63) is 24.5 Å². The Bertz CT molecular complexity index is 781. The molecule has 0 spiro atoms. The summed E-state index contributed by atoms with van der Waals surface area (Å²) in [5.41, 5.74) is 2.72. The standard InChI is InChI=1S/C19H24N6O3/c1-14(26)22-19-20-12-15(13-21-19)17-10-16(24-2-6-27-7-3-24)11-18(23-17)25-4-8-28-9-5-25/h10-13H,2-9H2,1H3,(H,20,21,22,26). The highest BCUT2D eigenvalue weighted by atomic mass is 16.5. The average Bonchev–Trinajstić information content (AvgIpc) is 2.75. The first-order valence-corrected chi connectivity index (χ1v) is 9.46. The van der Waals surface area contributed by atoms with Crippen LogP contribution in [0.1, 0.15) is 6.92 Å². The lowest BCUT2D eigenvalue weighted by Gasteiger charge is -2.32. The van der Waals surface area contributed by atoms with Crippen molar-refractivity contribution < 1.29 is 14.3 Å². The van der Waals surface area contributed by atoms with Gasteiger partial charge in [-0.25, -0.2) is 15.0 Å². The van der Waals surface area contributed by atoms with E-state index >= 15 is 0 Å². The van der Waals surface area contributed by atoms with Crippen molar-refractivity contribution in [2.24, 2.45) is 0 Å². The largest absolute Gasteiger partial charge is 0.378 e. The molecule has 0 aliphatic carbocycles. The van der Waals surface area contributed by atoms with Gasteiger partial charge in [0.2, 0.25) is 11.9 Å². The van der Waals surface area contributed by atoms with E-state index in [2.05, 4.69) is 37.2 Å². The molecule has 4 heterocycles. The molecular weight excluding hydrogens is 360 g/mol. The van der Waals surface area contributed by atoms with Gasteiger partial charge in [-0.2, -0.15) is 0 Å². The van der Waals surface area contributed by atoms with Gasteiger partial charge in [-0.3, -0.25) is 10.1 Å². The molecule has 0 radical (unpaired) electrons. The summed E-state index contributed by atoms with van der Waals surface area (Å²) in [6.07, 6.45) is 3.37. The lowest BCUT2D eigenvalue weighted by atomic mass is 10.2. The number of aromatic nitrogens is 3. The lowest BCUT2D eigenvalue weighted by Crippen LogP contribution is -2.38. The second kappa shape index (κ2) is 8.49. The Morgan fingerprint density at radius 1 is 0.964 bits per heavy atom. The zero-order valence-electron chi connectivity index (χ0n) is 15.9. The van der Waals surface area contributed by atoms with Gasteiger partial charge < -0.3 is 19.3 Å². The smallest absolute Gasteiger partial charge is 0.229 e. The monoisotopic (exact) mass is 384 g/mol. The number of hydrogen-bond acceptors (Lipinski definition) is 8. The normalized spacial score (nSPS) is 17.5. The Morgan fingerprint density at radius 2 is 1.57 bits per heavy atom. The molecule has 28 heavy (non-hydrogen) atoms. The number of nitrogens with zero attached hydrogens (tertiary/aromatic N) is 5. The molecule has 2 aromatic heterocycles. The van der Waals surface area contributed by atoms with Crippen LogP contribution in [0.25, 0.3) is 11.3 Å². The molecule has 9 nitrogen and oxygen atoms in total. The van der Waals surface area contributed by atoms with E-state index in [4.69, 9.17) is 14.5 Å². The van der Waals surface area contributed by atoms with Gasteiger partial charge in [0.25, 0.3) is 0 Å². The number of nitrogens with one attached hydrogen (secondary N) is 1. The Hall–Kier alpha value is -2.78. The van der Waals surface area contributed by atoms with Crippen molar-refractivity contribution in [3.63, 3.8) is 0 Å². The molecule has 0 atom stereocenters. The molecule has 148 valence electrons. The Morgan fingerprint density at radius 3 is 2.18 bits per heavy atom. The Kier molecular flexibility index (Phi) is 5.63. The van der Waals surface area contributed by atoms with Gasteiger partial charge >= 0.3 is 0 Å². The number of rotatable bonds is 4. The summed E-state index contributed by atoms with van der Waals surface area (Å²) >= 11 is 0. The predicted molar refractivity (Wildman–Crippen MR) is 106 cm³/mol. The molecule has 1 N–H and O–H groups in total. The maximum absolute atomic E-state index is 11.2. The fourth-order valence-corrected chi connectivity index (χ4v) is 3.29. The van der Waals surface area contributed by atoms with Crippen molar-refractivity contribution in [2.45, 2.75) is 6.92 Å². The molecule has 1 amide bonds. The summed E-state index contributed by atoms with van der Waals surface area (Å²) in [6, 6.07) is 4.19. The van der Waals surface area contributed by atoms with Crippen LogP contribution in [0.3, 0.4) is 0 Å². The number of ether oxygens (including phenoxy) is 2. The molecule has 0 aromatic carbocycles. The number of hydrogen-bond donors (Lipinski definition) is 1. The molecule has 2 saturated heterocycles. The molecule has 0 saturated carbocycles. The second-order valence-corrected chi connectivity index (χ2v) is 6.74. The molecule has 2 fully saturated rings. The Labute approximate surface area is 163 Å². The van der Waals surface area contributed by atoms with Crippen LogP contribution < -0.4 is 15.1 Å². The average molecular weight is 384 g/mol. The summed E-state index contributed by atoms with van der Waals surface area (Å²) in [5.74, 6) is 1.01. The number of amides is 1. The number of pyridine rings is 1. The van der Waals surface area contributed by atoms with Crippen molar-refractivity contribution in [1.29, 1.82) is 0 Å². The van der Waals surface area contributed by atoms with Crippen molar-refractivity contribution in [2.75, 3.05) is 67.7 Å². The zero-order valence-corrected chi connectivity index (χ0v) is 15.9. The van der Waals surface area contributed by atoms with Gasteiger partial charge in [0, 0.05) is 62.8 Å². The van der Waals surface area contributed by atoms with E-state index < -0.39 is 0 Å². The maximum atomic E-state index is 11.2. The van der Waals surface area contributed by atoms with Crippen LogP contribution in [0.4, 0.5) is 17.5 Å². The molecule has 2 aliphatic rings. The molecule has 0 bridgehead atoms. The van der Waals surface area contributed by atoms with Gasteiger partial charge in [0.05, 0.1) is 32.1 Å². The van der Waals surface area contributed by atoms with E-state index in [1.165, 1.54) is 6.92 Å². The highest BCUT2D eigenvalue weighted by molar-refractivity contribution is 5.86. The van der Waals surface area contributed by atoms with E-state index in [-0.39, 0.29) is 11.9 Å². The van der Waals surface area contributed by atoms with Crippen LogP contribution in [0.5, 0.6) is 0 Å². The first kappa shape index (κ1) is 18.6. The molecule has 2 aliphatic heterocycles. The van der Waals surface area contributed by atoms with E-state index in [0.717, 1.165) is 62.2 Å². The minimum atomic E-state index is -0.199. The third-order valence-corrected chi connectivity index (χ3v) is 4.74. The summed E-state index contributed by atoms with van der Waals surface area (Å²) < 4.78 is 11.0. The van der Waals surface area contributed by atoms with Gasteiger partial charge in [0.1, 0.15) is 5.82 Å². The van der Waals surface area contributed by atoms with E-state index in [9.17, 15) is 4.79 Å². The first-order valence-electron chi connectivity index (χ1n) is 9.46. The topological polar surface area (TPSA) is 92.7 Å². The molecule has 9 heteroatoms. The fraction of sp³-hybridized carbons (Fsp3) is 0.474. The highest BCUT2D eigenvalue weighted by Gasteiger charge is 2.19. The SMILES string of the molecule is CC(=O)Nc1ncc(-c2cc(N3CCOCC3)cc(N3CCOCC3)n2)cn1. The molecular formula is C19H24N6O3. The molecule has 4 rings (SSSR count). The zero-order chi connectivity index (χ0) is 19.3. The van der Waals surface area contributed by atoms with E-state index in [1.54, 1.807) is 12.4 Å². The van der Waals surface area contributed by atoms with E-state index in [1.807, 2.05) is 0 Å². The Balaban J connectivity index is 1.67. The predicted octanol–water partition coefficient (Wildman–Crippen LogP) is 1.17. The third-order valence-electron chi connectivity index (χ3n) is 4.74. The van der Waals surface area contributed by atoms with Crippen LogP contribution in [0.2, 0.25) is 0 Å². The molecule has 0 unspecified atom stereocenters. The van der Waals surface area contributed by atoms with Crippen molar-refractivity contribution >= 4 is 23.4 Å². The van der Waals surface area contributed by atoms with E-state index in [0.29, 0.717) is 13.2 Å². The summed E-state index contributed by atoms with van der Waals surface area (Å²) in [7, 11) is 0. The quantitative estimate of drug-likeness (QED) is 0.840. The third kappa shape index (κ3) is 4.37. The van der Waals surface area contributed by atoms with Gasteiger partial charge in [-0.15, -0.1) is 0 Å². The highest BCUT2D eigenvalue weighted by Crippen LogP contribution is 2.28.